The Morgan fingerprint density at radius 1 is 1.15 bits per heavy atom. The number of alkyl halides is 3. The predicted molar refractivity (Wildman–Crippen MR) is 99.8 cm³/mol. The maximum absolute atomic E-state index is 13.6. The molecule has 0 aliphatic rings. The minimum Gasteiger partial charge on any atom is -0.305 e. The number of hydrogen-bond donors (Lipinski definition) is 1. The Morgan fingerprint density at radius 3 is 2.59 bits per heavy atom. The smallest absolute Gasteiger partial charge is 0.305 e. The van der Waals surface area contributed by atoms with Crippen molar-refractivity contribution in [1.29, 1.82) is 0 Å². The summed E-state index contributed by atoms with van der Waals surface area (Å²) in [5, 5.41) is 6.46. The molecular formula is C18H12F4IN3O. The van der Waals surface area contributed by atoms with E-state index in [1.807, 2.05) is 22.6 Å². The average molecular weight is 489 g/mol. The molecule has 0 radical (unpaired) electrons. The highest BCUT2D eigenvalue weighted by Crippen LogP contribution is 2.33. The fraction of sp³-hybridized carbons (Fsp3) is 0.111. The van der Waals surface area contributed by atoms with Gasteiger partial charge in [0, 0.05) is 15.8 Å². The first-order chi connectivity index (χ1) is 12.7. The van der Waals surface area contributed by atoms with Crippen LogP contribution in [0.4, 0.5) is 23.4 Å². The monoisotopic (exact) mass is 489 g/mol. The van der Waals surface area contributed by atoms with Crippen molar-refractivity contribution in [2.75, 3.05) is 5.32 Å². The number of carbonyl (C=O) groups is 1. The number of carbonyl (C=O) groups excluding carboxylic acids is 1. The summed E-state index contributed by atoms with van der Waals surface area (Å²) >= 11 is 1.82. The maximum Gasteiger partial charge on any atom is 0.416 e. The van der Waals surface area contributed by atoms with Crippen LogP contribution in [0.1, 0.15) is 21.5 Å². The molecule has 0 spiro atoms. The van der Waals surface area contributed by atoms with Crippen molar-refractivity contribution in [1.82, 2.24) is 9.78 Å². The first kappa shape index (κ1) is 19.3. The summed E-state index contributed by atoms with van der Waals surface area (Å²) in [6.45, 7) is -0.124. The molecule has 0 saturated heterocycles. The standard InChI is InChI=1S/C18H12F4IN3O/c19-15-4-2-1-3-13(15)17(27)24-16-7-8-26(25-16)10-11-5-6-12(23)9-14(11)18(20,21)22/h1-9H,10H2,(H,24,25,27). The average Bonchev–Trinajstić information content (AvgIpc) is 3.03. The van der Waals surface area contributed by atoms with E-state index >= 15 is 0 Å². The van der Waals surface area contributed by atoms with Gasteiger partial charge in [-0.3, -0.25) is 9.48 Å². The van der Waals surface area contributed by atoms with Crippen LogP contribution < -0.4 is 5.32 Å². The van der Waals surface area contributed by atoms with E-state index in [1.165, 1.54) is 41.2 Å². The number of nitrogens with one attached hydrogen (secondary N) is 1. The summed E-state index contributed by atoms with van der Waals surface area (Å²) in [7, 11) is 0. The van der Waals surface area contributed by atoms with Gasteiger partial charge in [0.15, 0.2) is 5.82 Å². The molecule has 0 bridgehead atoms. The second-order valence-electron chi connectivity index (χ2n) is 5.63. The number of anilines is 1. The Morgan fingerprint density at radius 2 is 1.89 bits per heavy atom. The molecule has 3 rings (SSSR count). The topological polar surface area (TPSA) is 46.9 Å². The Balaban J connectivity index is 1.78. The molecule has 0 aliphatic heterocycles. The summed E-state index contributed by atoms with van der Waals surface area (Å²) < 4.78 is 55.0. The van der Waals surface area contributed by atoms with E-state index in [-0.39, 0.29) is 23.5 Å². The summed E-state index contributed by atoms with van der Waals surface area (Å²) in [6, 6.07) is 10.9. The van der Waals surface area contributed by atoms with Crippen molar-refractivity contribution < 1.29 is 22.4 Å². The van der Waals surface area contributed by atoms with Crippen LogP contribution in [0, 0.1) is 9.39 Å². The van der Waals surface area contributed by atoms with Gasteiger partial charge in [-0.1, -0.05) is 18.2 Å². The molecule has 0 saturated carbocycles. The number of rotatable bonds is 4. The van der Waals surface area contributed by atoms with Gasteiger partial charge >= 0.3 is 6.18 Å². The third-order valence-electron chi connectivity index (χ3n) is 3.71. The Kier molecular flexibility index (Phi) is 5.49. The van der Waals surface area contributed by atoms with Crippen LogP contribution in [-0.4, -0.2) is 15.7 Å². The number of benzene rings is 2. The summed E-state index contributed by atoms with van der Waals surface area (Å²) in [4.78, 5) is 12.1. The molecule has 4 nitrogen and oxygen atoms in total. The third-order valence-corrected chi connectivity index (χ3v) is 4.38. The Bertz CT molecular complexity index is 985. The minimum absolute atomic E-state index is 0.0537. The quantitative estimate of drug-likeness (QED) is 0.417. The molecule has 27 heavy (non-hydrogen) atoms. The predicted octanol–water partition coefficient (Wildman–Crippen LogP) is 4.95. The van der Waals surface area contributed by atoms with Gasteiger partial charge in [0.1, 0.15) is 5.82 Å². The van der Waals surface area contributed by atoms with Crippen LogP contribution in [-0.2, 0) is 12.7 Å². The zero-order chi connectivity index (χ0) is 19.6. The van der Waals surface area contributed by atoms with E-state index in [2.05, 4.69) is 10.4 Å². The van der Waals surface area contributed by atoms with E-state index in [0.717, 1.165) is 12.1 Å². The number of amides is 1. The van der Waals surface area contributed by atoms with E-state index < -0.39 is 23.5 Å². The molecule has 0 unspecified atom stereocenters. The zero-order valence-electron chi connectivity index (χ0n) is 13.6. The van der Waals surface area contributed by atoms with Crippen LogP contribution in [0.25, 0.3) is 0 Å². The molecule has 1 aromatic heterocycles. The molecule has 3 aromatic rings. The minimum atomic E-state index is -4.48. The molecule has 0 aliphatic carbocycles. The Labute approximate surface area is 165 Å². The van der Waals surface area contributed by atoms with Gasteiger partial charge in [-0.05, 0) is 52.4 Å². The molecule has 140 valence electrons. The van der Waals surface area contributed by atoms with Crippen molar-refractivity contribution in [2.24, 2.45) is 0 Å². The summed E-state index contributed by atoms with van der Waals surface area (Å²) in [5.74, 6) is -1.26. The van der Waals surface area contributed by atoms with Crippen LogP contribution >= 0.6 is 22.6 Å². The maximum atomic E-state index is 13.6. The van der Waals surface area contributed by atoms with Crippen molar-refractivity contribution in [3.63, 3.8) is 0 Å². The number of nitrogens with zero attached hydrogens (tertiary/aromatic N) is 2. The van der Waals surface area contributed by atoms with Gasteiger partial charge in [0.25, 0.3) is 5.91 Å². The van der Waals surface area contributed by atoms with Gasteiger partial charge in [-0.25, -0.2) is 4.39 Å². The van der Waals surface area contributed by atoms with E-state index in [4.69, 9.17) is 0 Å². The molecule has 1 N–H and O–H groups in total. The first-order valence-electron chi connectivity index (χ1n) is 7.69. The number of halogens is 5. The summed E-state index contributed by atoms with van der Waals surface area (Å²) in [5.41, 5.74) is -0.830. The van der Waals surface area contributed by atoms with E-state index in [1.54, 1.807) is 6.07 Å². The van der Waals surface area contributed by atoms with Crippen LogP contribution in [0.3, 0.4) is 0 Å². The van der Waals surface area contributed by atoms with Gasteiger partial charge in [-0.15, -0.1) is 0 Å². The fourth-order valence-corrected chi connectivity index (χ4v) is 2.96. The van der Waals surface area contributed by atoms with Crippen molar-refractivity contribution in [3.8, 4) is 0 Å². The molecule has 2 aromatic carbocycles. The number of hydrogen-bond acceptors (Lipinski definition) is 2. The van der Waals surface area contributed by atoms with Gasteiger partial charge < -0.3 is 5.32 Å². The Hall–Kier alpha value is -2.43. The van der Waals surface area contributed by atoms with Crippen LogP contribution in [0.15, 0.2) is 54.7 Å². The lowest BCUT2D eigenvalue weighted by Crippen LogP contribution is -2.15. The molecule has 9 heteroatoms. The molecule has 1 amide bonds. The van der Waals surface area contributed by atoms with Gasteiger partial charge in [0.2, 0.25) is 0 Å². The largest absolute Gasteiger partial charge is 0.416 e. The molecule has 0 atom stereocenters. The van der Waals surface area contributed by atoms with Crippen molar-refractivity contribution in [3.05, 3.63) is 80.8 Å². The normalized spacial score (nSPS) is 11.4. The highest BCUT2D eigenvalue weighted by molar-refractivity contribution is 14.1. The van der Waals surface area contributed by atoms with E-state index in [0.29, 0.717) is 3.57 Å². The summed E-state index contributed by atoms with van der Waals surface area (Å²) in [6.07, 6.45) is -3.04. The highest BCUT2D eigenvalue weighted by Gasteiger charge is 2.33. The van der Waals surface area contributed by atoms with Crippen LogP contribution in [0.5, 0.6) is 0 Å². The lowest BCUT2D eigenvalue weighted by Gasteiger charge is -2.13. The van der Waals surface area contributed by atoms with Crippen LogP contribution in [0.2, 0.25) is 0 Å². The van der Waals surface area contributed by atoms with Crippen molar-refractivity contribution >= 4 is 34.3 Å². The fourth-order valence-electron chi connectivity index (χ4n) is 2.47. The van der Waals surface area contributed by atoms with Gasteiger partial charge in [0.05, 0.1) is 17.7 Å². The second kappa shape index (κ2) is 7.67. The molecule has 1 heterocycles. The van der Waals surface area contributed by atoms with Crippen molar-refractivity contribution in [2.45, 2.75) is 12.7 Å². The lowest BCUT2D eigenvalue weighted by atomic mass is 10.1. The number of aromatic nitrogens is 2. The lowest BCUT2D eigenvalue weighted by molar-refractivity contribution is -0.138. The first-order valence-corrected chi connectivity index (χ1v) is 8.77. The van der Waals surface area contributed by atoms with Gasteiger partial charge in [-0.2, -0.15) is 18.3 Å². The molecular weight excluding hydrogens is 477 g/mol. The van der Waals surface area contributed by atoms with E-state index in [9.17, 15) is 22.4 Å². The zero-order valence-corrected chi connectivity index (χ0v) is 15.8. The SMILES string of the molecule is O=C(Nc1ccn(Cc2ccc(I)cc2C(F)(F)F)n1)c1ccccc1F. The second-order valence-corrected chi connectivity index (χ2v) is 6.88. The molecule has 0 fully saturated rings. The highest BCUT2D eigenvalue weighted by atomic mass is 127. The third kappa shape index (κ3) is 4.65.